The first-order valence-electron chi connectivity index (χ1n) is 5.62. The first-order chi connectivity index (χ1) is 8.19. The van der Waals surface area contributed by atoms with E-state index in [4.69, 9.17) is 32.0 Å². The fourth-order valence-electron chi connectivity index (χ4n) is 1.53. The standard InChI is InChI=1S/C9H21BN4O4/c1-14(8(11)12)6-9(13,7(15)16)4-2-3-5-10(17)18/h17-18H,2-6,13H2,1H3,(H3,11,12)(H,15,16). The molecular weight excluding hydrogens is 239 g/mol. The quantitative estimate of drug-likeness (QED) is 0.130. The lowest BCUT2D eigenvalue weighted by atomic mass is 9.82. The van der Waals surface area contributed by atoms with Crippen molar-refractivity contribution in [2.24, 2.45) is 11.5 Å². The number of hydrogen-bond donors (Lipinski definition) is 6. The van der Waals surface area contributed by atoms with Crippen LogP contribution < -0.4 is 11.5 Å². The van der Waals surface area contributed by atoms with Crippen LogP contribution in [-0.4, -0.2) is 58.2 Å². The molecular formula is C9H21BN4O4. The number of aliphatic carboxylic acids is 1. The van der Waals surface area contributed by atoms with E-state index in [1.165, 1.54) is 11.9 Å². The summed E-state index contributed by atoms with van der Waals surface area (Å²) in [5.74, 6) is -1.42. The van der Waals surface area contributed by atoms with Crippen LogP contribution in [0.15, 0.2) is 0 Å². The Morgan fingerprint density at radius 3 is 2.39 bits per heavy atom. The van der Waals surface area contributed by atoms with Crippen molar-refractivity contribution in [3.63, 3.8) is 0 Å². The smallest absolute Gasteiger partial charge is 0.451 e. The number of hydrogen-bond acceptors (Lipinski definition) is 5. The second-order valence-electron chi connectivity index (χ2n) is 4.43. The summed E-state index contributed by atoms with van der Waals surface area (Å²) in [6, 6.07) is 0. The highest BCUT2D eigenvalue weighted by atomic mass is 16.4. The number of guanidine groups is 1. The van der Waals surface area contributed by atoms with Gasteiger partial charge in [-0.15, -0.1) is 0 Å². The van der Waals surface area contributed by atoms with Crippen molar-refractivity contribution in [3.8, 4) is 0 Å². The van der Waals surface area contributed by atoms with Gasteiger partial charge in [-0.05, 0) is 12.7 Å². The van der Waals surface area contributed by atoms with Gasteiger partial charge in [-0.1, -0.05) is 12.8 Å². The van der Waals surface area contributed by atoms with Crippen LogP contribution in [0.1, 0.15) is 19.3 Å². The predicted octanol–water partition coefficient (Wildman–Crippen LogP) is -1.76. The molecule has 0 aromatic heterocycles. The van der Waals surface area contributed by atoms with Gasteiger partial charge in [0, 0.05) is 13.6 Å². The van der Waals surface area contributed by atoms with Gasteiger partial charge >= 0.3 is 13.1 Å². The lowest BCUT2D eigenvalue weighted by molar-refractivity contribution is -0.144. The van der Waals surface area contributed by atoms with Crippen molar-refractivity contribution in [2.45, 2.75) is 31.1 Å². The number of carbonyl (C=O) groups is 1. The van der Waals surface area contributed by atoms with Gasteiger partial charge in [0.15, 0.2) is 5.96 Å². The van der Waals surface area contributed by atoms with Crippen molar-refractivity contribution in [1.82, 2.24) is 4.90 Å². The maximum Gasteiger partial charge on any atom is 0.451 e. The van der Waals surface area contributed by atoms with E-state index in [2.05, 4.69) is 0 Å². The van der Waals surface area contributed by atoms with E-state index < -0.39 is 18.6 Å². The van der Waals surface area contributed by atoms with Crippen LogP contribution in [0.4, 0.5) is 0 Å². The van der Waals surface area contributed by atoms with Crippen molar-refractivity contribution in [2.75, 3.05) is 13.6 Å². The molecule has 0 rings (SSSR count). The largest absolute Gasteiger partial charge is 0.480 e. The minimum Gasteiger partial charge on any atom is -0.480 e. The number of carboxylic acids is 1. The lowest BCUT2D eigenvalue weighted by Gasteiger charge is -2.30. The molecule has 0 bridgehead atoms. The van der Waals surface area contributed by atoms with Crippen LogP contribution in [-0.2, 0) is 4.79 Å². The van der Waals surface area contributed by atoms with Crippen molar-refractivity contribution >= 4 is 19.0 Å². The highest BCUT2D eigenvalue weighted by molar-refractivity contribution is 6.40. The molecule has 0 saturated heterocycles. The van der Waals surface area contributed by atoms with Crippen LogP contribution in [0.5, 0.6) is 0 Å². The SMILES string of the molecule is CN(CC(N)(CCCCB(O)O)C(=O)O)C(=N)N. The fraction of sp³-hybridized carbons (Fsp3) is 0.778. The Hall–Kier alpha value is -1.32. The number of rotatable bonds is 8. The minimum atomic E-state index is -1.50. The van der Waals surface area contributed by atoms with Gasteiger partial charge in [-0.3, -0.25) is 10.2 Å². The summed E-state index contributed by atoms with van der Waals surface area (Å²) >= 11 is 0. The van der Waals surface area contributed by atoms with Gasteiger partial charge in [-0.2, -0.15) is 0 Å². The Balaban J connectivity index is 4.35. The van der Waals surface area contributed by atoms with Gasteiger partial charge in [0.2, 0.25) is 0 Å². The minimum absolute atomic E-state index is 0.0701. The first kappa shape index (κ1) is 16.7. The topological polar surface area (TPSA) is 157 Å². The third kappa shape index (κ3) is 5.85. The zero-order valence-electron chi connectivity index (χ0n) is 10.5. The maximum absolute atomic E-state index is 11.1. The molecule has 9 heteroatoms. The van der Waals surface area contributed by atoms with Crippen molar-refractivity contribution in [3.05, 3.63) is 0 Å². The average molecular weight is 260 g/mol. The number of nitrogens with zero attached hydrogens (tertiary/aromatic N) is 1. The van der Waals surface area contributed by atoms with E-state index in [0.717, 1.165) is 0 Å². The normalized spacial score (nSPS) is 13.8. The molecule has 0 fully saturated rings. The summed E-state index contributed by atoms with van der Waals surface area (Å²) in [7, 11) is 0.103. The molecule has 0 radical (unpaired) electrons. The van der Waals surface area contributed by atoms with E-state index in [9.17, 15) is 4.79 Å². The molecule has 0 heterocycles. The number of nitrogens with one attached hydrogen (secondary N) is 1. The zero-order chi connectivity index (χ0) is 14.3. The molecule has 0 amide bonds. The molecule has 0 aromatic rings. The summed E-state index contributed by atoms with van der Waals surface area (Å²) in [6.07, 6.45) is 1.27. The molecule has 8 nitrogen and oxygen atoms in total. The van der Waals surface area contributed by atoms with Crippen LogP contribution in [0.25, 0.3) is 0 Å². The van der Waals surface area contributed by atoms with Gasteiger partial charge in [0.05, 0.1) is 0 Å². The lowest BCUT2D eigenvalue weighted by Crippen LogP contribution is -2.57. The van der Waals surface area contributed by atoms with Crippen LogP contribution in [0, 0.1) is 5.41 Å². The molecule has 1 atom stereocenters. The fourth-order valence-corrected chi connectivity index (χ4v) is 1.53. The van der Waals surface area contributed by atoms with Crippen LogP contribution >= 0.6 is 0 Å². The molecule has 0 aliphatic carbocycles. The van der Waals surface area contributed by atoms with E-state index in [1.54, 1.807) is 0 Å². The molecule has 104 valence electrons. The molecule has 0 spiro atoms. The van der Waals surface area contributed by atoms with E-state index >= 15 is 0 Å². The Morgan fingerprint density at radius 1 is 1.44 bits per heavy atom. The second kappa shape index (κ2) is 7.19. The summed E-state index contributed by atoms with van der Waals surface area (Å²) in [6.45, 7) is -0.0701. The molecule has 18 heavy (non-hydrogen) atoms. The van der Waals surface area contributed by atoms with Gasteiger partial charge < -0.3 is 31.5 Å². The Morgan fingerprint density at radius 2 is 2.00 bits per heavy atom. The maximum atomic E-state index is 11.1. The molecule has 0 aliphatic heterocycles. The summed E-state index contributed by atoms with van der Waals surface area (Å²) in [5.41, 5.74) is 9.51. The number of nitrogens with two attached hydrogens (primary N) is 2. The van der Waals surface area contributed by atoms with Crippen LogP contribution in [0.2, 0.25) is 6.32 Å². The van der Waals surface area contributed by atoms with Crippen LogP contribution in [0.3, 0.4) is 0 Å². The van der Waals surface area contributed by atoms with E-state index in [-0.39, 0.29) is 25.2 Å². The number of unbranched alkanes of at least 4 members (excludes halogenated alkanes) is 1. The van der Waals surface area contributed by atoms with Crippen molar-refractivity contribution in [1.29, 1.82) is 5.41 Å². The van der Waals surface area contributed by atoms with Gasteiger partial charge in [0.1, 0.15) is 5.54 Å². The highest BCUT2D eigenvalue weighted by Crippen LogP contribution is 2.15. The highest BCUT2D eigenvalue weighted by Gasteiger charge is 2.35. The third-order valence-corrected chi connectivity index (χ3v) is 2.69. The molecule has 8 N–H and O–H groups in total. The first-order valence-corrected chi connectivity index (χ1v) is 5.62. The molecule has 0 aliphatic rings. The summed E-state index contributed by atoms with van der Waals surface area (Å²) < 4.78 is 0. The Labute approximate surface area is 106 Å². The molecule has 0 aromatic carbocycles. The third-order valence-electron chi connectivity index (χ3n) is 2.69. The van der Waals surface area contributed by atoms with E-state index in [1.807, 2.05) is 0 Å². The molecule has 0 saturated carbocycles. The predicted molar refractivity (Wildman–Crippen MR) is 67.9 cm³/mol. The van der Waals surface area contributed by atoms with E-state index in [0.29, 0.717) is 12.8 Å². The Bertz CT molecular complexity index is 302. The van der Waals surface area contributed by atoms with Crippen molar-refractivity contribution < 1.29 is 19.9 Å². The van der Waals surface area contributed by atoms with Gasteiger partial charge in [-0.25, -0.2) is 0 Å². The Kier molecular flexibility index (Phi) is 6.67. The molecule has 1 unspecified atom stereocenters. The monoisotopic (exact) mass is 260 g/mol. The average Bonchev–Trinajstić information content (AvgIpc) is 2.23. The number of likely N-dealkylation sites (N-methyl/N-ethyl adjacent to an activating group) is 1. The van der Waals surface area contributed by atoms with Gasteiger partial charge in [0.25, 0.3) is 0 Å². The second-order valence-corrected chi connectivity index (χ2v) is 4.43. The summed E-state index contributed by atoms with van der Waals surface area (Å²) in [4.78, 5) is 12.4. The zero-order valence-corrected chi connectivity index (χ0v) is 10.5. The number of carboxylic acid groups (broad SMARTS) is 1. The summed E-state index contributed by atoms with van der Waals surface area (Å²) in [5, 5.41) is 33.6.